The second kappa shape index (κ2) is 6.88. The summed E-state index contributed by atoms with van der Waals surface area (Å²) >= 11 is 0. The van der Waals surface area contributed by atoms with Crippen molar-refractivity contribution in [1.29, 1.82) is 0 Å². The van der Waals surface area contributed by atoms with Crippen LogP contribution in [0.3, 0.4) is 0 Å². The monoisotopic (exact) mass is 320 g/mol. The van der Waals surface area contributed by atoms with Crippen LogP contribution in [-0.4, -0.2) is 18.9 Å². The molecule has 2 N–H and O–H groups in total. The molecule has 24 heavy (non-hydrogen) atoms. The molecule has 3 nitrogen and oxygen atoms in total. The van der Waals surface area contributed by atoms with E-state index in [9.17, 15) is 4.79 Å². The van der Waals surface area contributed by atoms with E-state index in [1.165, 1.54) is 22.3 Å². The fraction of sp³-hybridized carbons (Fsp3) is 0.381. The summed E-state index contributed by atoms with van der Waals surface area (Å²) in [5, 5.41) is 7.04. The Morgan fingerprint density at radius 2 is 1.25 bits per heavy atom. The first-order chi connectivity index (χ1) is 11.8. The number of ketones is 1. The minimum Gasteiger partial charge on any atom is -0.309 e. The predicted octanol–water partition coefficient (Wildman–Crippen LogP) is 3.11. The summed E-state index contributed by atoms with van der Waals surface area (Å²) in [5.41, 5.74) is 5.37. The van der Waals surface area contributed by atoms with Gasteiger partial charge in [-0.3, -0.25) is 4.79 Å². The quantitative estimate of drug-likeness (QED) is 0.909. The van der Waals surface area contributed by atoms with Crippen molar-refractivity contribution in [2.75, 3.05) is 13.1 Å². The Labute approximate surface area is 143 Å². The first-order valence-electron chi connectivity index (χ1n) is 8.95. The third-order valence-electron chi connectivity index (χ3n) is 5.29. The summed E-state index contributed by atoms with van der Waals surface area (Å²) in [6, 6.07) is 17.4. The van der Waals surface area contributed by atoms with E-state index in [0.717, 1.165) is 25.9 Å². The molecule has 2 heterocycles. The molecule has 2 aliphatic heterocycles. The van der Waals surface area contributed by atoms with Gasteiger partial charge in [-0.1, -0.05) is 48.5 Å². The minimum atomic E-state index is 0.168. The van der Waals surface area contributed by atoms with Crippen LogP contribution in [0.2, 0.25) is 0 Å². The lowest BCUT2D eigenvalue weighted by Gasteiger charge is -2.29. The maximum absolute atomic E-state index is 12.7. The zero-order chi connectivity index (χ0) is 16.4. The van der Waals surface area contributed by atoms with Gasteiger partial charge in [0.05, 0.1) is 0 Å². The van der Waals surface area contributed by atoms with Crippen molar-refractivity contribution in [1.82, 2.24) is 10.6 Å². The molecule has 2 unspecified atom stereocenters. The fourth-order valence-corrected chi connectivity index (χ4v) is 4.09. The van der Waals surface area contributed by atoms with Crippen LogP contribution in [0.1, 0.15) is 47.2 Å². The fourth-order valence-electron chi connectivity index (χ4n) is 4.09. The standard InChI is InChI=1S/C21H24N2O/c24-17(13-20-18-7-3-1-5-15(18)9-11-22-20)14-21-19-8-4-2-6-16(19)10-12-23-21/h1-8,20-23H,9-14H2. The summed E-state index contributed by atoms with van der Waals surface area (Å²) in [4.78, 5) is 12.7. The van der Waals surface area contributed by atoms with E-state index >= 15 is 0 Å². The van der Waals surface area contributed by atoms with E-state index < -0.39 is 0 Å². The van der Waals surface area contributed by atoms with Gasteiger partial charge in [0.15, 0.2) is 0 Å². The molecule has 0 aromatic heterocycles. The number of fused-ring (bicyclic) bond motifs is 2. The van der Waals surface area contributed by atoms with Crippen LogP contribution in [0.4, 0.5) is 0 Å². The number of carbonyl (C=O) groups is 1. The molecule has 2 atom stereocenters. The first-order valence-corrected chi connectivity index (χ1v) is 8.95. The molecule has 0 radical (unpaired) electrons. The van der Waals surface area contributed by atoms with Crippen LogP contribution in [0.15, 0.2) is 48.5 Å². The highest BCUT2D eigenvalue weighted by Crippen LogP contribution is 2.29. The van der Waals surface area contributed by atoms with E-state index in [4.69, 9.17) is 0 Å². The van der Waals surface area contributed by atoms with Crippen molar-refractivity contribution in [3.63, 3.8) is 0 Å². The van der Waals surface area contributed by atoms with Crippen LogP contribution in [0.25, 0.3) is 0 Å². The molecule has 2 aromatic rings. The summed E-state index contributed by atoms with van der Waals surface area (Å²) in [6.07, 6.45) is 3.27. The van der Waals surface area contributed by atoms with Gasteiger partial charge in [-0.15, -0.1) is 0 Å². The molecule has 124 valence electrons. The third kappa shape index (κ3) is 3.14. The van der Waals surface area contributed by atoms with Crippen LogP contribution in [0.5, 0.6) is 0 Å². The first kappa shape index (κ1) is 15.6. The lowest BCUT2D eigenvalue weighted by atomic mass is 9.87. The summed E-state index contributed by atoms with van der Waals surface area (Å²) in [5.74, 6) is 0.332. The van der Waals surface area contributed by atoms with Gasteiger partial charge in [0, 0.05) is 24.9 Å². The van der Waals surface area contributed by atoms with Gasteiger partial charge < -0.3 is 10.6 Å². The third-order valence-corrected chi connectivity index (χ3v) is 5.29. The van der Waals surface area contributed by atoms with Gasteiger partial charge >= 0.3 is 0 Å². The van der Waals surface area contributed by atoms with Crippen molar-refractivity contribution >= 4 is 5.78 Å². The minimum absolute atomic E-state index is 0.168. The Kier molecular flexibility index (Phi) is 4.46. The van der Waals surface area contributed by atoms with Crippen LogP contribution in [0, 0.1) is 0 Å². The Hall–Kier alpha value is -1.97. The Balaban J connectivity index is 1.45. The smallest absolute Gasteiger partial charge is 0.136 e. The highest BCUT2D eigenvalue weighted by molar-refractivity contribution is 5.80. The van der Waals surface area contributed by atoms with E-state index in [2.05, 4.69) is 59.2 Å². The van der Waals surface area contributed by atoms with Crippen molar-refractivity contribution in [3.05, 3.63) is 70.8 Å². The number of hydrogen-bond acceptors (Lipinski definition) is 3. The van der Waals surface area contributed by atoms with Crippen molar-refractivity contribution < 1.29 is 4.79 Å². The zero-order valence-electron chi connectivity index (χ0n) is 13.9. The van der Waals surface area contributed by atoms with Crippen molar-refractivity contribution in [2.24, 2.45) is 0 Å². The number of carbonyl (C=O) groups excluding carboxylic acids is 1. The summed E-state index contributed by atoms with van der Waals surface area (Å²) in [7, 11) is 0. The van der Waals surface area contributed by atoms with Gasteiger partial charge in [-0.25, -0.2) is 0 Å². The van der Waals surface area contributed by atoms with E-state index in [1.54, 1.807) is 0 Å². The van der Waals surface area contributed by atoms with Gasteiger partial charge in [0.25, 0.3) is 0 Å². The van der Waals surface area contributed by atoms with Gasteiger partial charge in [-0.05, 0) is 48.2 Å². The van der Waals surface area contributed by atoms with Crippen LogP contribution < -0.4 is 10.6 Å². The number of hydrogen-bond donors (Lipinski definition) is 2. The average Bonchev–Trinajstić information content (AvgIpc) is 2.62. The zero-order valence-corrected chi connectivity index (χ0v) is 13.9. The molecule has 0 aliphatic carbocycles. The molecular formula is C21H24N2O. The molecule has 0 amide bonds. The lowest BCUT2D eigenvalue weighted by molar-refractivity contribution is -0.120. The molecule has 0 saturated heterocycles. The highest BCUT2D eigenvalue weighted by Gasteiger charge is 2.25. The maximum atomic E-state index is 12.7. The second-order valence-electron chi connectivity index (χ2n) is 6.86. The molecule has 0 bridgehead atoms. The SMILES string of the molecule is O=C(CC1NCCc2ccccc21)CC1NCCc2ccccc21. The van der Waals surface area contributed by atoms with Crippen molar-refractivity contribution in [2.45, 2.75) is 37.8 Å². The maximum Gasteiger partial charge on any atom is 0.136 e. The number of nitrogens with one attached hydrogen (secondary N) is 2. The highest BCUT2D eigenvalue weighted by atomic mass is 16.1. The van der Waals surface area contributed by atoms with Crippen LogP contribution in [-0.2, 0) is 17.6 Å². The summed E-state index contributed by atoms with van der Waals surface area (Å²) < 4.78 is 0. The topological polar surface area (TPSA) is 41.1 Å². The molecular weight excluding hydrogens is 296 g/mol. The molecule has 0 spiro atoms. The van der Waals surface area contributed by atoms with Crippen LogP contribution >= 0.6 is 0 Å². The van der Waals surface area contributed by atoms with E-state index in [-0.39, 0.29) is 12.1 Å². The Morgan fingerprint density at radius 1 is 0.792 bits per heavy atom. The Morgan fingerprint density at radius 3 is 1.75 bits per heavy atom. The normalized spacial score (nSPS) is 22.5. The van der Waals surface area contributed by atoms with E-state index in [0.29, 0.717) is 18.6 Å². The summed E-state index contributed by atoms with van der Waals surface area (Å²) in [6.45, 7) is 1.92. The molecule has 4 rings (SSSR count). The number of benzene rings is 2. The molecule has 0 fully saturated rings. The average molecular weight is 320 g/mol. The molecule has 3 heteroatoms. The largest absolute Gasteiger partial charge is 0.309 e. The lowest BCUT2D eigenvalue weighted by Crippen LogP contribution is -2.34. The molecule has 2 aromatic carbocycles. The number of rotatable bonds is 4. The Bertz CT molecular complexity index is 679. The van der Waals surface area contributed by atoms with Gasteiger partial charge in [-0.2, -0.15) is 0 Å². The van der Waals surface area contributed by atoms with Gasteiger partial charge in [0.2, 0.25) is 0 Å². The van der Waals surface area contributed by atoms with Crippen molar-refractivity contribution in [3.8, 4) is 0 Å². The van der Waals surface area contributed by atoms with E-state index in [1.807, 2.05) is 0 Å². The molecule has 2 aliphatic rings. The van der Waals surface area contributed by atoms with Gasteiger partial charge in [0.1, 0.15) is 5.78 Å². The second-order valence-corrected chi connectivity index (χ2v) is 6.86. The number of Topliss-reactive ketones (excluding diaryl/α,β-unsaturated/α-hetero) is 1. The predicted molar refractivity (Wildman–Crippen MR) is 96.0 cm³/mol. The molecule has 0 saturated carbocycles.